The van der Waals surface area contributed by atoms with Gasteiger partial charge in [-0.25, -0.2) is 9.37 Å². The van der Waals surface area contributed by atoms with Gasteiger partial charge in [-0.15, -0.1) is 24.8 Å². The highest BCUT2D eigenvalue weighted by Gasteiger charge is 2.47. The Balaban J connectivity index is 0.00000136. The molecule has 2 fully saturated rings. The van der Waals surface area contributed by atoms with Crippen LogP contribution >= 0.6 is 24.8 Å². The summed E-state index contributed by atoms with van der Waals surface area (Å²) >= 11 is 0. The number of hydrogen-bond acceptors (Lipinski definition) is 3. The maximum absolute atomic E-state index is 13.8. The molecule has 0 aliphatic carbocycles. The largest absolute Gasteiger partial charge is 0.342 e. The minimum atomic E-state index is -0.201. The molecule has 1 aromatic carbocycles. The molecule has 0 saturated carbocycles. The molecule has 8 heteroatoms. The van der Waals surface area contributed by atoms with Gasteiger partial charge in [-0.1, -0.05) is 18.2 Å². The Labute approximate surface area is 194 Å². The molecule has 2 aromatic heterocycles. The van der Waals surface area contributed by atoms with Gasteiger partial charge in [-0.2, -0.15) is 0 Å². The van der Waals surface area contributed by atoms with Crippen molar-refractivity contribution in [1.82, 2.24) is 19.2 Å². The van der Waals surface area contributed by atoms with Crippen LogP contribution in [0.2, 0.25) is 0 Å². The van der Waals surface area contributed by atoms with Gasteiger partial charge in [0.05, 0.1) is 12.1 Å². The summed E-state index contributed by atoms with van der Waals surface area (Å²) in [6, 6.07) is 11.1. The smallest absolute Gasteiger partial charge is 0.228 e. The summed E-state index contributed by atoms with van der Waals surface area (Å²) in [7, 11) is 2.10. The van der Waals surface area contributed by atoms with E-state index in [0.29, 0.717) is 18.3 Å². The van der Waals surface area contributed by atoms with Gasteiger partial charge < -0.3 is 9.30 Å². The lowest BCUT2D eigenvalue weighted by atomic mass is 9.89. The minimum Gasteiger partial charge on any atom is -0.342 e. The van der Waals surface area contributed by atoms with E-state index in [-0.39, 0.29) is 42.6 Å². The van der Waals surface area contributed by atoms with E-state index >= 15 is 0 Å². The van der Waals surface area contributed by atoms with Crippen molar-refractivity contribution >= 4 is 36.4 Å². The Bertz CT molecular complexity index is 1090. The van der Waals surface area contributed by atoms with Crippen LogP contribution in [0.3, 0.4) is 0 Å². The molecule has 3 atom stereocenters. The summed E-state index contributed by atoms with van der Waals surface area (Å²) in [5, 5.41) is 0. The molecule has 3 aromatic rings. The summed E-state index contributed by atoms with van der Waals surface area (Å²) in [6.45, 7) is 4.46. The van der Waals surface area contributed by atoms with Gasteiger partial charge in [-0.05, 0) is 49.2 Å². The number of carbonyl (C=O) groups is 1. The highest BCUT2D eigenvalue weighted by atomic mass is 35.5. The zero-order valence-electron chi connectivity index (χ0n) is 17.6. The van der Waals surface area contributed by atoms with Crippen LogP contribution in [0.4, 0.5) is 4.39 Å². The van der Waals surface area contributed by atoms with Crippen LogP contribution in [0.5, 0.6) is 0 Å². The molecule has 2 saturated heterocycles. The highest BCUT2D eigenvalue weighted by molar-refractivity contribution is 5.85. The molecule has 5 nitrogen and oxygen atoms in total. The molecule has 0 bridgehead atoms. The van der Waals surface area contributed by atoms with Gasteiger partial charge in [0.1, 0.15) is 11.5 Å². The van der Waals surface area contributed by atoms with Crippen molar-refractivity contribution < 1.29 is 9.18 Å². The van der Waals surface area contributed by atoms with Crippen molar-refractivity contribution in [2.24, 2.45) is 11.8 Å². The van der Waals surface area contributed by atoms with Crippen molar-refractivity contribution in [3.8, 4) is 0 Å². The van der Waals surface area contributed by atoms with Crippen molar-refractivity contribution in [2.75, 3.05) is 26.7 Å². The van der Waals surface area contributed by atoms with E-state index in [1.807, 2.05) is 40.6 Å². The Morgan fingerprint density at radius 2 is 1.97 bits per heavy atom. The number of halogens is 3. The summed E-state index contributed by atoms with van der Waals surface area (Å²) in [4.78, 5) is 21.8. The maximum Gasteiger partial charge on any atom is 0.228 e. The second-order valence-electron chi connectivity index (χ2n) is 8.47. The number of carbonyl (C=O) groups excluding carboxylic acids is 1. The highest BCUT2D eigenvalue weighted by Crippen LogP contribution is 2.44. The quantitative estimate of drug-likeness (QED) is 0.589. The summed E-state index contributed by atoms with van der Waals surface area (Å²) in [5.41, 5.74) is 3.93. The average molecular weight is 465 g/mol. The molecule has 2 aliphatic heterocycles. The Kier molecular flexibility index (Phi) is 6.94. The first-order chi connectivity index (χ1) is 14.0. The number of aromatic nitrogens is 2. The second kappa shape index (κ2) is 9.15. The SMILES string of the molecule is Cc1cccn2c(CC(=O)N3C[C@@H]4CN(C)[C@@H](c5cccc(F)c5)[C@@H]4C3)cnc12.Cl.Cl. The first-order valence-electron chi connectivity index (χ1n) is 10.2. The second-order valence-corrected chi connectivity index (χ2v) is 8.47. The lowest BCUT2D eigenvalue weighted by Crippen LogP contribution is -2.34. The lowest BCUT2D eigenvalue weighted by molar-refractivity contribution is -0.129. The number of fused-ring (bicyclic) bond motifs is 2. The molecular weight excluding hydrogens is 438 g/mol. The number of pyridine rings is 1. The molecule has 0 unspecified atom stereocenters. The molecular formula is C23H27Cl2FN4O. The van der Waals surface area contributed by atoms with Crippen LogP contribution in [0, 0.1) is 24.6 Å². The van der Waals surface area contributed by atoms with Crippen LogP contribution in [0.15, 0.2) is 48.8 Å². The monoisotopic (exact) mass is 464 g/mol. The maximum atomic E-state index is 13.8. The average Bonchev–Trinajstić information content (AvgIpc) is 3.35. The third-order valence-corrected chi connectivity index (χ3v) is 6.58. The summed E-state index contributed by atoms with van der Waals surface area (Å²) in [6.07, 6.45) is 4.12. The van der Waals surface area contributed by atoms with E-state index in [2.05, 4.69) is 16.9 Å². The number of hydrogen-bond donors (Lipinski definition) is 0. The third-order valence-electron chi connectivity index (χ3n) is 6.58. The lowest BCUT2D eigenvalue weighted by Gasteiger charge is -2.27. The first kappa shape index (κ1) is 23.5. The van der Waals surface area contributed by atoms with Crippen LogP contribution in [0.25, 0.3) is 5.65 Å². The van der Waals surface area contributed by atoms with E-state index in [9.17, 15) is 9.18 Å². The van der Waals surface area contributed by atoms with Gasteiger partial charge in [0, 0.05) is 44.0 Å². The van der Waals surface area contributed by atoms with E-state index in [1.54, 1.807) is 18.3 Å². The fourth-order valence-corrected chi connectivity index (χ4v) is 5.25. The van der Waals surface area contributed by atoms with E-state index in [0.717, 1.165) is 42.1 Å². The predicted octanol–water partition coefficient (Wildman–Crippen LogP) is 3.93. The number of benzene rings is 1. The zero-order valence-corrected chi connectivity index (χ0v) is 19.2. The fourth-order valence-electron chi connectivity index (χ4n) is 5.25. The van der Waals surface area contributed by atoms with Gasteiger partial charge >= 0.3 is 0 Å². The number of nitrogens with zero attached hydrogens (tertiary/aromatic N) is 4. The number of aryl methyl sites for hydroxylation is 1. The molecule has 0 N–H and O–H groups in total. The number of imidazole rings is 1. The first-order valence-corrected chi connectivity index (χ1v) is 10.2. The molecule has 1 amide bonds. The molecule has 0 spiro atoms. The predicted molar refractivity (Wildman–Crippen MR) is 123 cm³/mol. The van der Waals surface area contributed by atoms with Crippen LogP contribution in [-0.2, 0) is 11.2 Å². The molecule has 31 heavy (non-hydrogen) atoms. The molecule has 2 aliphatic rings. The van der Waals surface area contributed by atoms with Crippen molar-refractivity contribution in [1.29, 1.82) is 0 Å². The Morgan fingerprint density at radius 1 is 1.16 bits per heavy atom. The molecule has 0 radical (unpaired) electrons. The third kappa shape index (κ3) is 4.16. The standard InChI is InChI=1S/C23H25FN4O.2ClH/c1-15-5-4-8-28-19(11-25-23(15)28)10-21(29)27-13-17-12-26(2)22(20(17)14-27)16-6-3-7-18(24)9-16;;/h3-9,11,17,20,22H,10,12-14H2,1-2H3;2*1H/t17-,20+,22-;;/m0../s1. The molecule has 166 valence electrons. The Morgan fingerprint density at radius 3 is 2.74 bits per heavy atom. The van der Waals surface area contributed by atoms with E-state index < -0.39 is 0 Å². The molecule has 4 heterocycles. The normalized spacial score (nSPS) is 22.8. The number of likely N-dealkylation sites (tertiary alicyclic amines) is 2. The van der Waals surface area contributed by atoms with Gasteiger partial charge in [-0.3, -0.25) is 9.69 Å². The van der Waals surface area contributed by atoms with Crippen molar-refractivity contribution in [2.45, 2.75) is 19.4 Å². The fraction of sp³-hybridized carbons (Fsp3) is 0.391. The zero-order chi connectivity index (χ0) is 20.1. The number of amides is 1. The van der Waals surface area contributed by atoms with E-state index in [4.69, 9.17) is 0 Å². The summed E-state index contributed by atoms with van der Waals surface area (Å²) in [5.74, 6) is 0.716. The van der Waals surface area contributed by atoms with Crippen molar-refractivity contribution in [3.05, 3.63) is 71.4 Å². The molecule has 5 rings (SSSR count). The van der Waals surface area contributed by atoms with Gasteiger partial charge in [0.25, 0.3) is 0 Å². The Hall–Kier alpha value is -2.15. The number of rotatable bonds is 3. The van der Waals surface area contributed by atoms with Gasteiger partial charge in [0.15, 0.2) is 0 Å². The minimum absolute atomic E-state index is 0. The van der Waals surface area contributed by atoms with Crippen molar-refractivity contribution in [3.63, 3.8) is 0 Å². The van der Waals surface area contributed by atoms with Gasteiger partial charge in [0.2, 0.25) is 5.91 Å². The summed E-state index contributed by atoms with van der Waals surface area (Å²) < 4.78 is 15.8. The van der Waals surface area contributed by atoms with Crippen LogP contribution in [0.1, 0.15) is 22.9 Å². The van der Waals surface area contributed by atoms with Crippen LogP contribution < -0.4 is 0 Å². The topological polar surface area (TPSA) is 40.9 Å². The van der Waals surface area contributed by atoms with E-state index in [1.165, 1.54) is 6.07 Å². The van der Waals surface area contributed by atoms with Crippen LogP contribution in [-0.4, -0.2) is 51.8 Å².